The van der Waals surface area contributed by atoms with Crippen LogP contribution in [-0.4, -0.2) is 49.0 Å². The number of aromatic nitrogens is 1. The number of benzene rings is 1. The number of hydrogen-bond donors (Lipinski definition) is 2. The maximum absolute atomic E-state index is 11.3. The Morgan fingerprint density at radius 3 is 1.97 bits per heavy atom. The second kappa shape index (κ2) is 15.5. The molecule has 0 saturated carbocycles. The van der Waals surface area contributed by atoms with Gasteiger partial charge >= 0.3 is 0 Å². The number of rotatable bonds is 6. The van der Waals surface area contributed by atoms with Crippen molar-refractivity contribution in [2.45, 2.75) is 19.3 Å². The third kappa shape index (κ3) is 9.25. The first-order chi connectivity index (χ1) is 12.6. The molecule has 1 aliphatic rings. The molecule has 10 heteroatoms. The van der Waals surface area contributed by atoms with Gasteiger partial charge in [-0.05, 0) is 42.6 Å². The van der Waals surface area contributed by atoms with Gasteiger partial charge in [-0.2, -0.15) is 0 Å². The quantitative estimate of drug-likeness (QED) is 0.364. The molecule has 0 spiro atoms. The van der Waals surface area contributed by atoms with Crippen molar-refractivity contribution in [3.63, 3.8) is 0 Å². The van der Waals surface area contributed by atoms with E-state index in [-0.39, 0.29) is 55.5 Å². The number of aryl methyl sites for hydroxylation is 2. The SMILES string of the molecule is CN1CCN(c2ccc(CCc3ccc(CC(=O)NN)cc3)cn2)CC1.Cl.Cl.Cl.Cl. The molecule has 1 aliphatic heterocycles. The number of anilines is 1. The van der Waals surface area contributed by atoms with E-state index >= 15 is 0 Å². The Bertz CT molecular complexity index is 723. The van der Waals surface area contributed by atoms with Gasteiger partial charge < -0.3 is 9.80 Å². The molecule has 0 bridgehead atoms. The van der Waals surface area contributed by atoms with Crippen LogP contribution >= 0.6 is 49.6 Å². The predicted octanol–water partition coefficient (Wildman–Crippen LogP) is 2.84. The molecule has 2 aromatic rings. The number of nitrogens with two attached hydrogens (primary N) is 1. The van der Waals surface area contributed by atoms with E-state index in [1.54, 1.807) is 0 Å². The monoisotopic (exact) mass is 497 g/mol. The number of carbonyl (C=O) groups is 1. The molecule has 1 aromatic carbocycles. The zero-order chi connectivity index (χ0) is 18.4. The smallest absolute Gasteiger partial charge is 0.238 e. The number of hydrazine groups is 1. The number of amides is 1. The summed E-state index contributed by atoms with van der Waals surface area (Å²) in [6, 6.07) is 12.4. The molecule has 0 radical (unpaired) electrons. The Hall–Kier alpha value is -1.28. The first kappa shape index (κ1) is 30.9. The third-order valence-electron chi connectivity index (χ3n) is 4.89. The van der Waals surface area contributed by atoms with E-state index in [1.165, 1.54) is 11.1 Å². The molecule has 0 atom stereocenters. The van der Waals surface area contributed by atoms with Crippen LogP contribution < -0.4 is 16.2 Å². The lowest BCUT2D eigenvalue weighted by Crippen LogP contribution is -2.44. The summed E-state index contributed by atoms with van der Waals surface area (Å²) in [6.45, 7) is 4.26. The van der Waals surface area contributed by atoms with E-state index < -0.39 is 0 Å². The molecule has 6 nitrogen and oxygen atoms in total. The fourth-order valence-corrected chi connectivity index (χ4v) is 3.14. The van der Waals surface area contributed by atoms with Crippen LogP contribution in [0, 0.1) is 0 Å². The van der Waals surface area contributed by atoms with Crippen LogP contribution in [0.5, 0.6) is 0 Å². The summed E-state index contributed by atoms with van der Waals surface area (Å²) in [5.41, 5.74) is 5.62. The first-order valence-electron chi connectivity index (χ1n) is 9.10. The molecule has 3 rings (SSSR count). The van der Waals surface area contributed by atoms with Gasteiger partial charge in [0.1, 0.15) is 5.82 Å². The second-order valence-corrected chi connectivity index (χ2v) is 6.88. The van der Waals surface area contributed by atoms with Gasteiger partial charge in [-0.1, -0.05) is 30.3 Å². The summed E-state index contributed by atoms with van der Waals surface area (Å²) in [5, 5.41) is 0. The van der Waals surface area contributed by atoms with Gasteiger partial charge in [-0.25, -0.2) is 10.8 Å². The molecule has 170 valence electrons. The van der Waals surface area contributed by atoms with Crippen LogP contribution in [0.3, 0.4) is 0 Å². The third-order valence-corrected chi connectivity index (χ3v) is 4.89. The lowest BCUT2D eigenvalue weighted by molar-refractivity contribution is -0.120. The normalized spacial score (nSPS) is 13.1. The maximum atomic E-state index is 11.3. The minimum absolute atomic E-state index is 0. The number of nitrogens with one attached hydrogen (secondary N) is 1. The molecule has 1 aromatic heterocycles. The Balaban J connectivity index is 0. The van der Waals surface area contributed by atoms with Crippen LogP contribution in [0.15, 0.2) is 42.6 Å². The molecular weight excluding hydrogens is 468 g/mol. The van der Waals surface area contributed by atoms with Crippen molar-refractivity contribution >= 4 is 61.4 Å². The molecule has 0 aliphatic carbocycles. The Kier molecular flexibility index (Phi) is 16.0. The van der Waals surface area contributed by atoms with Crippen molar-refractivity contribution in [3.05, 3.63) is 59.3 Å². The van der Waals surface area contributed by atoms with Gasteiger partial charge in [-0.3, -0.25) is 10.2 Å². The molecule has 3 N–H and O–H groups in total. The largest absolute Gasteiger partial charge is 0.354 e. The highest BCUT2D eigenvalue weighted by molar-refractivity contribution is 5.86. The molecule has 2 heterocycles. The molecule has 1 saturated heterocycles. The van der Waals surface area contributed by atoms with Crippen LogP contribution in [0.25, 0.3) is 0 Å². The topological polar surface area (TPSA) is 74.5 Å². The summed E-state index contributed by atoms with van der Waals surface area (Å²) in [6.07, 6.45) is 4.22. The summed E-state index contributed by atoms with van der Waals surface area (Å²) >= 11 is 0. The number of likely N-dealkylation sites (N-methyl/N-ethyl adjacent to an activating group) is 1. The number of halogens is 4. The lowest BCUT2D eigenvalue weighted by atomic mass is 10.0. The zero-order valence-electron chi connectivity index (χ0n) is 17.0. The summed E-state index contributed by atoms with van der Waals surface area (Å²) < 4.78 is 0. The van der Waals surface area contributed by atoms with Crippen LogP contribution in [-0.2, 0) is 24.1 Å². The van der Waals surface area contributed by atoms with Gasteiger partial charge in [0, 0.05) is 32.4 Å². The average Bonchev–Trinajstić information content (AvgIpc) is 2.68. The van der Waals surface area contributed by atoms with E-state index in [9.17, 15) is 4.79 Å². The minimum Gasteiger partial charge on any atom is -0.354 e. The fourth-order valence-electron chi connectivity index (χ4n) is 3.14. The minimum atomic E-state index is -0.177. The van der Waals surface area contributed by atoms with Crippen molar-refractivity contribution in [2.24, 2.45) is 5.84 Å². The molecule has 1 fully saturated rings. The average molecular weight is 499 g/mol. The van der Waals surface area contributed by atoms with Crippen molar-refractivity contribution in [1.29, 1.82) is 0 Å². The number of piperazine rings is 1. The zero-order valence-corrected chi connectivity index (χ0v) is 20.2. The number of hydrogen-bond acceptors (Lipinski definition) is 5. The Labute approximate surface area is 203 Å². The molecular formula is C20H31Cl4N5O. The summed E-state index contributed by atoms with van der Waals surface area (Å²) in [7, 11) is 2.16. The van der Waals surface area contributed by atoms with Crippen molar-refractivity contribution in [1.82, 2.24) is 15.3 Å². The molecule has 30 heavy (non-hydrogen) atoms. The lowest BCUT2D eigenvalue weighted by Gasteiger charge is -2.33. The van der Waals surface area contributed by atoms with Crippen molar-refractivity contribution in [2.75, 3.05) is 38.1 Å². The van der Waals surface area contributed by atoms with Gasteiger partial charge in [0.25, 0.3) is 0 Å². The standard InChI is InChI=1S/C20H27N5O.4ClH/c1-24-10-12-25(13-11-24)19-9-8-18(15-22-19)7-4-16-2-5-17(6-3-16)14-20(26)23-21;;;;/h2-3,5-6,8-9,15H,4,7,10-14,21H2,1H3,(H,23,26);4*1H. The van der Waals surface area contributed by atoms with E-state index in [0.29, 0.717) is 6.42 Å². The Morgan fingerprint density at radius 2 is 1.43 bits per heavy atom. The van der Waals surface area contributed by atoms with Gasteiger partial charge in [0.05, 0.1) is 6.42 Å². The van der Waals surface area contributed by atoms with Crippen molar-refractivity contribution in [3.8, 4) is 0 Å². The van der Waals surface area contributed by atoms with E-state index in [4.69, 9.17) is 5.84 Å². The number of nitrogens with zero attached hydrogens (tertiary/aromatic N) is 3. The fraction of sp³-hybridized carbons (Fsp3) is 0.400. The van der Waals surface area contributed by atoms with E-state index in [0.717, 1.165) is 50.4 Å². The Morgan fingerprint density at radius 1 is 0.900 bits per heavy atom. The highest BCUT2D eigenvalue weighted by Gasteiger charge is 2.14. The number of carbonyl (C=O) groups excluding carboxylic acids is 1. The second-order valence-electron chi connectivity index (χ2n) is 6.88. The molecule has 0 unspecified atom stereocenters. The number of pyridine rings is 1. The predicted molar refractivity (Wildman–Crippen MR) is 133 cm³/mol. The highest BCUT2D eigenvalue weighted by atomic mass is 35.5. The first-order valence-corrected chi connectivity index (χ1v) is 9.10. The van der Waals surface area contributed by atoms with Crippen molar-refractivity contribution < 1.29 is 4.79 Å². The van der Waals surface area contributed by atoms with Crippen LogP contribution in [0.2, 0.25) is 0 Å². The maximum Gasteiger partial charge on any atom is 0.238 e. The summed E-state index contributed by atoms with van der Waals surface area (Å²) in [4.78, 5) is 20.6. The van der Waals surface area contributed by atoms with E-state index in [1.807, 2.05) is 18.3 Å². The van der Waals surface area contributed by atoms with Crippen LogP contribution in [0.1, 0.15) is 16.7 Å². The molecule has 1 amide bonds. The van der Waals surface area contributed by atoms with Crippen LogP contribution in [0.4, 0.5) is 5.82 Å². The van der Waals surface area contributed by atoms with Gasteiger partial charge in [0.15, 0.2) is 0 Å². The van der Waals surface area contributed by atoms with Gasteiger partial charge in [-0.15, -0.1) is 49.6 Å². The summed E-state index contributed by atoms with van der Waals surface area (Å²) in [5.74, 6) is 6.01. The highest BCUT2D eigenvalue weighted by Crippen LogP contribution is 2.15. The van der Waals surface area contributed by atoms with Gasteiger partial charge in [0.2, 0.25) is 5.91 Å². The van der Waals surface area contributed by atoms with E-state index in [2.05, 4.69) is 51.5 Å².